The number of hydrogen-bond donors (Lipinski definition) is 1. The number of aromatic nitrogens is 2. The Bertz CT molecular complexity index is 849. The van der Waals surface area contributed by atoms with Crippen LogP contribution in [-0.4, -0.2) is 10.2 Å². The number of nitrogens with zero attached hydrogens (tertiary/aromatic N) is 2. The Morgan fingerprint density at radius 2 is 1.87 bits per heavy atom. The summed E-state index contributed by atoms with van der Waals surface area (Å²) in [5, 5.41) is 11.1. The van der Waals surface area contributed by atoms with E-state index >= 15 is 0 Å². The van der Waals surface area contributed by atoms with Crippen molar-refractivity contribution in [1.82, 2.24) is 10.2 Å². The molecule has 4 nitrogen and oxygen atoms in total. The maximum absolute atomic E-state index is 13.0. The van der Waals surface area contributed by atoms with Crippen molar-refractivity contribution in [3.8, 4) is 0 Å². The molecule has 23 heavy (non-hydrogen) atoms. The van der Waals surface area contributed by atoms with Crippen LogP contribution in [0.3, 0.4) is 0 Å². The topological polar surface area (TPSA) is 51.0 Å². The maximum atomic E-state index is 13.0. The molecule has 2 aromatic carbocycles. The molecule has 1 heterocycles. The van der Waals surface area contributed by atoms with Gasteiger partial charge >= 0.3 is 6.01 Å². The molecule has 1 N–H and O–H groups in total. The quantitative estimate of drug-likeness (QED) is 0.631. The Hall–Kier alpha value is -2.18. The standard InChI is InChI=1S/C16H10BrClFN3O/c17-11-3-6-13(7-4-11)20-16-22-21-15(23-16)8-2-10-1-5-12(19)9-14(10)18/h1-9H,(H,20,22)/b8-2+. The first-order chi connectivity index (χ1) is 11.1. The lowest BCUT2D eigenvalue weighted by molar-refractivity contribution is 0.561. The van der Waals surface area contributed by atoms with Gasteiger partial charge in [-0.25, -0.2) is 4.39 Å². The fourth-order valence-corrected chi connectivity index (χ4v) is 2.30. The SMILES string of the molecule is Fc1ccc(/C=C/c2nnc(Nc3ccc(Br)cc3)o2)c(Cl)c1. The number of nitrogens with one attached hydrogen (secondary N) is 1. The van der Waals surface area contributed by atoms with Gasteiger partial charge in [-0.2, -0.15) is 0 Å². The van der Waals surface area contributed by atoms with E-state index < -0.39 is 0 Å². The summed E-state index contributed by atoms with van der Waals surface area (Å²) in [6.45, 7) is 0. The van der Waals surface area contributed by atoms with E-state index in [9.17, 15) is 4.39 Å². The van der Waals surface area contributed by atoms with Crippen LogP contribution in [-0.2, 0) is 0 Å². The molecule has 0 bridgehead atoms. The van der Waals surface area contributed by atoms with E-state index in [-0.39, 0.29) is 11.8 Å². The molecule has 0 aliphatic heterocycles. The van der Waals surface area contributed by atoms with E-state index in [0.29, 0.717) is 16.5 Å². The number of benzene rings is 2. The molecule has 0 unspecified atom stereocenters. The molecule has 0 atom stereocenters. The van der Waals surface area contributed by atoms with Crippen molar-refractivity contribution in [1.29, 1.82) is 0 Å². The number of anilines is 2. The second kappa shape index (κ2) is 6.93. The molecule has 116 valence electrons. The summed E-state index contributed by atoms with van der Waals surface area (Å²) in [7, 11) is 0. The molecule has 7 heteroatoms. The molecular formula is C16H10BrClFN3O. The van der Waals surface area contributed by atoms with Gasteiger partial charge in [0.15, 0.2) is 0 Å². The van der Waals surface area contributed by atoms with Crippen LogP contribution in [0.1, 0.15) is 11.5 Å². The largest absolute Gasteiger partial charge is 0.404 e. The van der Waals surface area contributed by atoms with Crippen LogP contribution in [0.4, 0.5) is 16.1 Å². The average molecular weight is 395 g/mol. The average Bonchev–Trinajstić information content (AvgIpc) is 2.96. The van der Waals surface area contributed by atoms with Gasteiger partial charge in [-0.1, -0.05) is 38.7 Å². The summed E-state index contributed by atoms with van der Waals surface area (Å²) >= 11 is 9.31. The Labute approximate surface area is 145 Å². The zero-order chi connectivity index (χ0) is 16.2. The van der Waals surface area contributed by atoms with Crippen LogP contribution < -0.4 is 5.32 Å². The van der Waals surface area contributed by atoms with Crippen molar-refractivity contribution < 1.29 is 8.81 Å². The van der Waals surface area contributed by atoms with Gasteiger partial charge in [-0.3, -0.25) is 0 Å². The van der Waals surface area contributed by atoms with Gasteiger partial charge in [0.1, 0.15) is 5.82 Å². The summed E-state index contributed by atoms with van der Waals surface area (Å²) in [5.41, 5.74) is 1.49. The monoisotopic (exact) mass is 393 g/mol. The highest BCUT2D eigenvalue weighted by Gasteiger charge is 2.04. The van der Waals surface area contributed by atoms with Crippen molar-refractivity contribution in [3.05, 3.63) is 69.2 Å². The van der Waals surface area contributed by atoms with Gasteiger partial charge in [0, 0.05) is 16.2 Å². The Kier molecular flexibility index (Phi) is 4.73. The van der Waals surface area contributed by atoms with Crippen LogP contribution in [0.5, 0.6) is 0 Å². The van der Waals surface area contributed by atoms with Gasteiger partial charge in [-0.15, -0.1) is 5.10 Å². The van der Waals surface area contributed by atoms with Crippen LogP contribution in [0, 0.1) is 5.82 Å². The maximum Gasteiger partial charge on any atom is 0.320 e. The van der Waals surface area contributed by atoms with Crippen molar-refractivity contribution in [3.63, 3.8) is 0 Å². The molecule has 0 saturated carbocycles. The normalized spacial score (nSPS) is 11.1. The van der Waals surface area contributed by atoms with Crippen molar-refractivity contribution in [2.45, 2.75) is 0 Å². The number of halogens is 3. The lowest BCUT2D eigenvalue weighted by Crippen LogP contribution is -1.89. The molecule has 0 saturated heterocycles. The summed E-state index contributed by atoms with van der Waals surface area (Å²) < 4.78 is 19.4. The first-order valence-electron chi connectivity index (χ1n) is 6.59. The first-order valence-corrected chi connectivity index (χ1v) is 7.76. The third-order valence-corrected chi connectivity index (χ3v) is 3.76. The van der Waals surface area contributed by atoms with Gasteiger partial charge in [0.05, 0.1) is 5.02 Å². The van der Waals surface area contributed by atoms with Gasteiger partial charge in [0.2, 0.25) is 5.89 Å². The minimum atomic E-state index is -0.383. The fraction of sp³-hybridized carbons (Fsp3) is 0. The van der Waals surface area contributed by atoms with Crippen molar-refractivity contribution >= 4 is 51.4 Å². The lowest BCUT2D eigenvalue weighted by Gasteiger charge is -2.00. The minimum Gasteiger partial charge on any atom is -0.404 e. The highest BCUT2D eigenvalue weighted by molar-refractivity contribution is 9.10. The molecule has 3 aromatic rings. The van der Waals surface area contributed by atoms with E-state index in [2.05, 4.69) is 31.4 Å². The molecule has 0 fully saturated rings. The second-order valence-corrected chi connectivity index (χ2v) is 5.90. The van der Waals surface area contributed by atoms with E-state index in [0.717, 1.165) is 10.2 Å². The molecule has 0 amide bonds. The first kappa shape index (κ1) is 15.7. The summed E-state index contributed by atoms with van der Waals surface area (Å²) in [6.07, 6.45) is 3.29. The van der Waals surface area contributed by atoms with E-state index in [1.54, 1.807) is 18.2 Å². The molecule has 0 aliphatic rings. The molecule has 1 aromatic heterocycles. The Balaban J connectivity index is 1.71. The summed E-state index contributed by atoms with van der Waals surface area (Å²) in [5.74, 6) is -0.0732. The Morgan fingerprint density at radius 3 is 2.61 bits per heavy atom. The van der Waals surface area contributed by atoms with Crippen molar-refractivity contribution in [2.75, 3.05) is 5.32 Å². The van der Waals surface area contributed by atoms with Crippen LogP contribution in [0.25, 0.3) is 12.2 Å². The molecular weight excluding hydrogens is 385 g/mol. The molecule has 0 spiro atoms. The molecule has 0 aliphatic carbocycles. The highest BCUT2D eigenvalue weighted by Crippen LogP contribution is 2.21. The summed E-state index contributed by atoms with van der Waals surface area (Å²) in [4.78, 5) is 0. The van der Waals surface area contributed by atoms with Crippen molar-refractivity contribution in [2.24, 2.45) is 0 Å². The highest BCUT2D eigenvalue weighted by atomic mass is 79.9. The third-order valence-electron chi connectivity index (χ3n) is 2.90. The zero-order valence-electron chi connectivity index (χ0n) is 11.6. The number of hydrogen-bond acceptors (Lipinski definition) is 4. The third kappa shape index (κ3) is 4.18. The predicted octanol–water partition coefficient (Wildman–Crippen LogP) is 5.54. The lowest BCUT2D eigenvalue weighted by atomic mass is 10.2. The van der Waals surface area contributed by atoms with Crippen LogP contribution in [0.2, 0.25) is 5.02 Å². The Morgan fingerprint density at radius 1 is 1.09 bits per heavy atom. The van der Waals surface area contributed by atoms with Gasteiger partial charge in [-0.05, 0) is 48.0 Å². The van der Waals surface area contributed by atoms with Crippen LogP contribution >= 0.6 is 27.5 Å². The van der Waals surface area contributed by atoms with Gasteiger partial charge in [0.25, 0.3) is 0 Å². The number of rotatable bonds is 4. The van der Waals surface area contributed by atoms with Gasteiger partial charge < -0.3 is 9.73 Å². The minimum absolute atomic E-state index is 0.275. The molecule has 0 radical (unpaired) electrons. The predicted molar refractivity (Wildman–Crippen MR) is 92.1 cm³/mol. The summed E-state index contributed by atoms with van der Waals surface area (Å²) in [6, 6.07) is 12.0. The van der Waals surface area contributed by atoms with E-state index in [1.165, 1.54) is 12.1 Å². The smallest absolute Gasteiger partial charge is 0.320 e. The van der Waals surface area contributed by atoms with Crippen LogP contribution in [0.15, 0.2) is 51.4 Å². The van der Waals surface area contributed by atoms with E-state index in [4.69, 9.17) is 16.0 Å². The van der Waals surface area contributed by atoms with E-state index in [1.807, 2.05) is 24.3 Å². The second-order valence-electron chi connectivity index (χ2n) is 4.58. The zero-order valence-corrected chi connectivity index (χ0v) is 14.0. The molecule has 3 rings (SSSR count). The fourth-order valence-electron chi connectivity index (χ4n) is 1.81.